The van der Waals surface area contributed by atoms with Crippen LogP contribution in [0, 0.1) is 5.92 Å². The van der Waals surface area contributed by atoms with Gasteiger partial charge in [0, 0.05) is 25.7 Å². The Bertz CT molecular complexity index is 1600. The van der Waals surface area contributed by atoms with Gasteiger partial charge in [0.15, 0.2) is 12.2 Å². The molecular formula is C63H122O17P2. The van der Waals surface area contributed by atoms with Crippen molar-refractivity contribution < 1.29 is 80.2 Å². The quantitative estimate of drug-likeness (QED) is 0.0222. The molecule has 0 heterocycles. The second-order valence-electron chi connectivity index (χ2n) is 23.3. The molecule has 0 radical (unpaired) electrons. The number of ether oxygens (including phenoxy) is 4. The van der Waals surface area contributed by atoms with Gasteiger partial charge in [-0.1, -0.05) is 266 Å². The van der Waals surface area contributed by atoms with Gasteiger partial charge in [-0.3, -0.25) is 37.3 Å². The van der Waals surface area contributed by atoms with Gasteiger partial charge in [-0.2, -0.15) is 0 Å². The molecule has 0 aliphatic carbocycles. The van der Waals surface area contributed by atoms with E-state index in [0.717, 1.165) is 121 Å². The second-order valence-corrected chi connectivity index (χ2v) is 26.2. The van der Waals surface area contributed by atoms with Crippen molar-refractivity contribution in [2.24, 2.45) is 5.92 Å². The third-order valence-corrected chi connectivity index (χ3v) is 16.4. The molecule has 5 atom stereocenters. The third-order valence-electron chi connectivity index (χ3n) is 14.5. The van der Waals surface area contributed by atoms with E-state index in [0.29, 0.717) is 25.7 Å². The van der Waals surface area contributed by atoms with Gasteiger partial charge >= 0.3 is 39.5 Å². The van der Waals surface area contributed by atoms with E-state index in [1.807, 2.05) is 0 Å². The van der Waals surface area contributed by atoms with E-state index in [9.17, 15) is 43.2 Å². The molecule has 0 rings (SSSR count). The molecule has 17 nitrogen and oxygen atoms in total. The number of aliphatic hydroxyl groups is 1. The number of carbonyl (C=O) groups is 4. The van der Waals surface area contributed by atoms with E-state index in [4.69, 9.17) is 37.0 Å². The lowest BCUT2D eigenvalue weighted by Crippen LogP contribution is -2.30. The maximum Gasteiger partial charge on any atom is 0.472 e. The number of hydrogen-bond acceptors (Lipinski definition) is 15. The van der Waals surface area contributed by atoms with Gasteiger partial charge in [0.05, 0.1) is 26.4 Å². The van der Waals surface area contributed by atoms with Gasteiger partial charge in [0.2, 0.25) is 0 Å². The van der Waals surface area contributed by atoms with Crippen LogP contribution in [0.15, 0.2) is 0 Å². The lowest BCUT2D eigenvalue weighted by molar-refractivity contribution is -0.161. The van der Waals surface area contributed by atoms with Crippen LogP contribution in [0.1, 0.15) is 317 Å². The van der Waals surface area contributed by atoms with E-state index in [1.165, 1.54) is 116 Å². The average molecular weight is 1210 g/mol. The summed E-state index contributed by atoms with van der Waals surface area (Å²) in [6.45, 7) is 7.12. The molecule has 0 saturated carbocycles. The molecule has 19 heteroatoms. The van der Waals surface area contributed by atoms with Crippen LogP contribution in [0.2, 0.25) is 0 Å². The summed E-state index contributed by atoms with van der Waals surface area (Å²) in [5.74, 6) is -1.35. The molecule has 0 fully saturated rings. The molecule has 0 aliphatic rings. The topological polar surface area (TPSA) is 237 Å². The van der Waals surface area contributed by atoms with Gasteiger partial charge < -0.3 is 33.8 Å². The number of carbonyl (C=O) groups excluding carboxylic acids is 4. The van der Waals surface area contributed by atoms with Crippen LogP contribution in [-0.4, -0.2) is 96.7 Å². The van der Waals surface area contributed by atoms with Crippen molar-refractivity contribution in [2.45, 2.75) is 335 Å². The second kappa shape index (κ2) is 56.8. The van der Waals surface area contributed by atoms with Crippen molar-refractivity contribution in [3.8, 4) is 0 Å². The number of esters is 4. The van der Waals surface area contributed by atoms with Crippen LogP contribution < -0.4 is 0 Å². The zero-order valence-electron chi connectivity index (χ0n) is 52.6. The molecule has 0 aromatic heterocycles. The average Bonchev–Trinajstić information content (AvgIpc) is 3.45. The summed E-state index contributed by atoms with van der Waals surface area (Å²) in [5, 5.41) is 10.5. The molecule has 0 aromatic carbocycles. The fraction of sp³-hybridized carbons (Fsp3) is 0.937. The predicted octanol–water partition coefficient (Wildman–Crippen LogP) is 17.4. The van der Waals surface area contributed by atoms with Crippen molar-refractivity contribution >= 4 is 39.5 Å². The standard InChI is InChI=1S/C63H122O17P2/c1-6-9-12-15-18-19-24-28-33-37-42-47-61(66)74-53-59(80-63(68)49-44-39-34-29-26-23-21-20-22-25-27-32-35-40-45-56(4)5)55-78-82(71,72)76-51-57(64)50-75-81(69,70)77-54-58(79-62(67)48-43-38-31-17-14-11-8-3)52-73-60(65)46-41-36-30-16-13-10-7-2/h56-59,64H,6-55H2,1-5H3,(H,69,70)(H,71,72)/t57-,58+,59+/m0/s1. The summed E-state index contributed by atoms with van der Waals surface area (Å²) in [6, 6.07) is 0. The number of unbranched alkanes of at least 4 members (excludes halogenated alkanes) is 35. The summed E-state index contributed by atoms with van der Waals surface area (Å²) in [5.41, 5.74) is 0. The molecule has 0 aliphatic heterocycles. The third kappa shape index (κ3) is 57.2. The smallest absolute Gasteiger partial charge is 0.462 e. The summed E-state index contributed by atoms with van der Waals surface area (Å²) in [6.07, 6.45) is 40.5. The maximum atomic E-state index is 13.0. The maximum absolute atomic E-state index is 13.0. The summed E-state index contributed by atoms with van der Waals surface area (Å²) in [7, 11) is -9.87. The lowest BCUT2D eigenvalue weighted by Gasteiger charge is -2.21. The fourth-order valence-electron chi connectivity index (χ4n) is 9.41. The highest BCUT2D eigenvalue weighted by atomic mass is 31.2. The van der Waals surface area contributed by atoms with Crippen molar-refractivity contribution in [3.05, 3.63) is 0 Å². The number of phosphoric ester groups is 2. The first-order chi connectivity index (χ1) is 39.5. The Morgan fingerprint density at radius 1 is 0.329 bits per heavy atom. The Labute approximate surface area is 498 Å². The molecule has 486 valence electrons. The van der Waals surface area contributed by atoms with Gasteiger partial charge in [0.1, 0.15) is 19.3 Å². The first kappa shape index (κ1) is 80.1. The van der Waals surface area contributed by atoms with Crippen LogP contribution >= 0.6 is 15.6 Å². The molecule has 82 heavy (non-hydrogen) atoms. The minimum atomic E-state index is -4.94. The van der Waals surface area contributed by atoms with Crippen LogP contribution in [0.5, 0.6) is 0 Å². The summed E-state index contributed by atoms with van der Waals surface area (Å²) >= 11 is 0. The zero-order chi connectivity index (χ0) is 60.6. The summed E-state index contributed by atoms with van der Waals surface area (Å²) < 4.78 is 67.8. The van der Waals surface area contributed by atoms with Crippen molar-refractivity contribution in [1.82, 2.24) is 0 Å². The highest BCUT2D eigenvalue weighted by Crippen LogP contribution is 2.45. The van der Waals surface area contributed by atoms with Gasteiger partial charge in [0.25, 0.3) is 0 Å². The molecule has 0 amide bonds. The van der Waals surface area contributed by atoms with Crippen LogP contribution in [0.4, 0.5) is 0 Å². The number of hydrogen-bond donors (Lipinski definition) is 3. The predicted molar refractivity (Wildman–Crippen MR) is 326 cm³/mol. The van der Waals surface area contributed by atoms with E-state index < -0.39 is 97.5 Å². The lowest BCUT2D eigenvalue weighted by atomic mass is 10.0. The molecule has 0 bridgehead atoms. The van der Waals surface area contributed by atoms with E-state index in [1.54, 1.807) is 0 Å². The first-order valence-corrected chi connectivity index (χ1v) is 36.1. The zero-order valence-corrected chi connectivity index (χ0v) is 54.4. The number of phosphoric acid groups is 2. The number of aliphatic hydroxyl groups excluding tert-OH is 1. The SMILES string of the molecule is CCCCCCCCCCCCCC(=O)OC[C@H](COP(=O)(O)OC[C@@H](O)COP(=O)(O)OC[C@@H](COC(=O)CCCCCCCCC)OC(=O)CCCCCCCCC)OC(=O)CCCCCCCCCCCCCCCCC(C)C. The van der Waals surface area contributed by atoms with Crippen LogP contribution in [0.25, 0.3) is 0 Å². The Balaban J connectivity index is 5.15. The molecule has 2 unspecified atom stereocenters. The highest BCUT2D eigenvalue weighted by molar-refractivity contribution is 7.47. The Hall–Kier alpha value is -1.94. The Kier molecular flexibility index (Phi) is 55.5. The summed E-state index contributed by atoms with van der Waals surface area (Å²) in [4.78, 5) is 71.9. The first-order valence-electron chi connectivity index (χ1n) is 33.1. The van der Waals surface area contributed by atoms with E-state index in [2.05, 4.69) is 34.6 Å². The minimum Gasteiger partial charge on any atom is -0.462 e. The van der Waals surface area contributed by atoms with Gasteiger partial charge in [-0.05, 0) is 31.6 Å². The van der Waals surface area contributed by atoms with Crippen molar-refractivity contribution in [2.75, 3.05) is 39.6 Å². The van der Waals surface area contributed by atoms with Crippen LogP contribution in [0.3, 0.4) is 0 Å². The van der Waals surface area contributed by atoms with Crippen molar-refractivity contribution in [1.29, 1.82) is 0 Å². The Morgan fingerprint density at radius 2 is 0.561 bits per heavy atom. The molecule has 0 saturated heterocycles. The molecule has 3 N–H and O–H groups in total. The minimum absolute atomic E-state index is 0.103. The van der Waals surface area contributed by atoms with Gasteiger partial charge in [-0.15, -0.1) is 0 Å². The molecular weight excluding hydrogens is 1090 g/mol. The molecule has 0 aromatic rings. The van der Waals surface area contributed by atoms with Crippen molar-refractivity contribution in [3.63, 3.8) is 0 Å². The van der Waals surface area contributed by atoms with E-state index in [-0.39, 0.29) is 25.7 Å². The van der Waals surface area contributed by atoms with E-state index >= 15 is 0 Å². The normalized spacial score (nSPS) is 14.3. The number of rotatable bonds is 63. The largest absolute Gasteiger partial charge is 0.472 e. The fourth-order valence-corrected chi connectivity index (χ4v) is 11.0. The Morgan fingerprint density at radius 3 is 0.829 bits per heavy atom. The molecule has 0 spiro atoms. The van der Waals surface area contributed by atoms with Gasteiger partial charge in [-0.25, -0.2) is 9.13 Å². The highest BCUT2D eigenvalue weighted by Gasteiger charge is 2.30. The monoisotopic (exact) mass is 1210 g/mol. The van der Waals surface area contributed by atoms with Crippen LogP contribution in [-0.2, 0) is 65.4 Å².